The molecule has 106 valence electrons. The highest BCUT2D eigenvalue weighted by Gasteiger charge is 2.12. The van der Waals surface area contributed by atoms with E-state index < -0.39 is 5.97 Å². The van der Waals surface area contributed by atoms with Crippen molar-refractivity contribution in [2.45, 2.75) is 33.1 Å². The third kappa shape index (κ3) is 4.47. The molecule has 1 aromatic rings. The lowest BCUT2D eigenvalue weighted by molar-refractivity contribution is 0.0696. The Balaban J connectivity index is 2.79. The Morgan fingerprint density at radius 1 is 1.32 bits per heavy atom. The maximum absolute atomic E-state index is 11.0. The van der Waals surface area contributed by atoms with E-state index in [0.29, 0.717) is 24.0 Å². The average molecular weight is 266 g/mol. The van der Waals surface area contributed by atoms with Gasteiger partial charge in [0.25, 0.3) is 0 Å². The number of aromatic carboxylic acids is 1. The fourth-order valence-electron chi connectivity index (χ4n) is 1.94. The molecule has 0 spiro atoms. The summed E-state index contributed by atoms with van der Waals surface area (Å²) in [5, 5.41) is 8.98. The summed E-state index contributed by atoms with van der Waals surface area (Å²) >= 11 is 0. The molecule has 1 atom stereocenters. The van der Waals surface area contributed by atoms with Crippen LogP contribution in [0.5, 0.6) is 11.5 Å². The van der Waals surface area contributed by atoms with Crippen LogP contribution in [0, 0.1) is 5.92 Å². The first-order chi connectivity index (χ1) is 9.12. The number of hydrogen-bond acceptors (Lipinski definition) is 3. The molecule has 0 aliphatic rings. The van der Waals surface area contributed by atoms with Crippen LogP contribution >= 0.6 is 0 Å². The van der Waals surface area contributed by atoms with Crippen molar-refractivity contribution in [3.63, 3.8) is 0 Å². The van der Waals surface area contributed by atoms with Gasteiger partial charge in [0.1, 0.15) is 0 Å². The highest BCUT2D eigenvalue weighted by atomic mass is 16.5. The van der Waals surface area contributed by atoms with Gasteiger partial charge in [-0.1, -0.05) is 26.7 Å². The van der Waals surface area contributed by atoms with Crippen molar-refractivity contribution in [3.8, 4) is 11.5 Å². The van der Waals surface area contributed by atoms with Crippen molar-refractivity contribution in [1.82, 2.24) is 0 Å². The first kappa shape index (κ1) is 15.3. The number of carboxylic acid groups (broad SMARTS) is 1. The molecule has 4 heteroatoms. The van der Waals surface area contributed by atoms with Crippen LogP contribution < -0.4 is 9.47 Å². The van der Waals surface area contributed by atoms with Gasteiger partial charge in [-0.25, -0.2) is 4.79 Å². The van der Waals surface area contributed by atoms with Crippen molar-refractivity contribution in [1.29, 1.82) is 0 Å². The topological polar surface area (TPSA) is 55.8 Å². The van der Waals surface area contributed by atoms with E-state index in [2.05, 4.69) is 13.8 Å². The largest absolute Gasteiger partial charge is 0.493 e. The van der Waals surface area contributed by atoms with E-state index in [1.54, 1.807) is 13.2 Å². The molecule has 4 nitrogen and oxygen atoms in total. The van der Waals surface area contributed by atoms with E-state index in [4.69, 9.17) is 14.6 Å². The number of hydrogen-bond donors (Lipinski definition) is 1. The van der Waals surface area contributed by atoms with Crippen molar-refractivity contribution >= 4 is 5.97 Å². The molecule has 0 aliphatic carbocycles. The zero-order valence-electron chi connectivity index (χ0n) is 11.8. The van der Waals surface area contributed by atoms with Gasteiger partial charge in [-0.2, -0.15) is 0 Å². The van der Waals surface area contributed by atoms with Gasteiger partial charge in [-0.3, -0.25) is 0 Å². The van der Waals surface area contributed by atoms with Crippen LogP contribution in [0.25, 0.3) is 0 Å². The van der Waals surface area contributed by atoms with E-state index in [1.165, 1.54) is 12.1 Å². The number of rotatable bonds is 8. The fraction of sp³-hybridized carbons (Fsp3) is 0.533. The highest BCUT2D eigenvalue weighted by molar-refractivity contribution is 5.88. The molecule has 0 aliphatic heterocycles. The van der Waals surface area contributed by atoms with Crippen LogP contribution in [0.4, 0.5) is 0 Å². The summed E-state index contributed by atoms with van der Waals surface area (Å²) in [6.07, 6.45) is 3.28. The molecule has 19 heavy (non-hydrogen) atoms. The lowest BCUT2D eigenvalue weighted by atomic mass is 10.0. The zero-order valence-corrected chi connectivity index (χ0v) is 11.8. The van der Waals surface area contributed by atoms with Gasteiger partial charge in [-0.05, 0) is 30.5 Å². The predicted octanol–water partition coefficient (Wildman–Crippen LogP) is 3.60. The third-order valence-corrected chi connectivity index (χ3v) is 3.16. The summed E-state index contributed by atoms with van der Waals surface area (Å²) in [6, 6.07) is 4.65. The first-order valence-corrected chi connectivity index (χ1v) is 6.66. The molecular formula is C15H22O4. The van der Waals surface area contributed by atoms with Crippen molar-refractivity contribution in [2.24, 2.45) is 5.92 Å². The van der Waals surface area contributed by atoms with E-state index in [1.807, 2.05) is 0 Å². The van der Waals surface area contributed by atoms with E-state index in [-0.39, 0.29) is 5.56 Å². The van der Waals surface area contributed by atoms with Gasteiger partial charge in [0, 0.05) is 0 Å². The maximum Gasteiger partial charge on any atom is 0.335 e. The second-order valence-corrected chi connectivity index (χ2v) is 4.54. The van der Waals surface area contributed by atoms with Gasteiger partial charge in [0.05, 0.1) is 19.3 Å². The second kappa shape index (κ2) is 7.67. The number of carboxylic acids is 1. The molecule has 1 aromatic carbocycles. The van der Waals surface area contributed by atoms with Crippen molar-refractivity contribution < 1.29 is 19.4 Å². The van der Waals surface area contributed by atoms with Crippen LogP contribution in [0.1, 0.15) is 43.5 Å². The van der Waals surface area contributed by atoms with Gasteiger partial charge < -0.3 is 14.6 Å². The Hall–Kier alpha value is -1.71. The SMILES string of the molecule is CCCC(CC)COc1cc(C(=O)O)ccc1OC. The molecule has 0 amide bonds. The minimum atomic E-state index is -0.965. The minimum Gasteiger partial charge on any atom is -0.493 e. The van der Waals surface area contributed by atoms with Gasteiger partial charge >= 0.3 is 5.97 Å². The van der Waals surface area contributed by atoms with Gasteiger partial charge in [-0.15, -0.1) is 0 Å². The summed E-state index contributed by atoms with van der Waals surface area (Å²) in [7, 11) is 1.55. The Labute approximate surface area is 114 Å². The molecule has 0 radical (unpaired) electrons. The van der Waals surface area contributed by atoms with Gasteiger partial charge in [0.2, 0.25) is 0 Å². The lowest BCUT2D eigenvalue weighted by Crippen LogP contribution is -2.12. The second-order valence-electron chi connectivity index (χ2n) is 4.54. The summed E-state index contributed by atoms with van der Waals surface area (Å²) in [5.41, 5.74) is 0.208. The summed E-state index contributed by atoms with van der Waals surface area (Å²) in [6.45, 7) is 4.87. The monoisotopic (exact) mass is 266 g/mol. The standard InChI is InChI=1S/C15H22O4/c1-4-6-11(5-2)10-19-14-9-12(15(16)17)7-8-13(14)18-3/h7-9,11H,4-6,10H2,1-3H3,(H,16,17). The predicted molar refractivity (Wildman–Crippen MR) is 74.1 cm³/mol. The molecule has 1 rings (SSSR count). The maximum atomic E-state index is 11.0. The molecule has 1 unspecified atom stereocenters. The van der Waals surface area contributed by atoms with Crippen LogP contribution in [0.2, 0.25) is 0 Å². The molecule has 0 saturated carbocycles. The van der Waals surface area contributed by atoms with Crippen LogP contribution in [0.3, 0.4) is 0 Å². The van der Waals surface area contributed by atoms with Crippen LogP contribution in [-0.4, -0.2) is 24.8 Å². The number of ether oxygens (including phenoxy) is 2. The molecule has 1 N–H and O–H groups in total. The molecule has 0 bridgehead atoms. The average Bonchev–Trinajstić information content (AvgIpc) is 2.42. The van der Waals surface area contributed by atoms with Gasteiger partial charge in [0.15, 0.2) is 11.5 Å². The van der Waals surface area contributed by atoms with Crippen molar-refractivity contribution in [3.05, 3.63) is 23.8 Å². The normalized spacial score (nSPS) is 11.9. The lowest BCUT2D eigenvalue weighted by Gasteiger charge is -2.17. The number of carbonyl (C=O) groups is 1. The highest BCUT2D eigenvalue weighted by Crippen LogP contribution is 2.29. The molecular weight excluding hydrogens is 244 g/mol. The molecule has 0 heterocycles. The number of methoxy groups -OCH3 is 1. The Bertz CT molecular complexity index is 415. The Morgan fingerprint density at radius 3 is 2.58 bits per heavy atom. The summed E-state index contributed by atoms with van der Waals surface area (Å²) < 4.78 is 10.9. The molecule has 0 fully saturated rings. The molecule has 0 saturated heterocycles. The minimum absolute atomic E-state index is 0.208. The smallest absolute Gasteiger partial charge is 0.335 e. The fourth-order valence-corrected chi connectivity index (χ4v) is 1.94. The zero-order chi connectivity index (χ0) is 14.3. The van der Waals surface area contributed by atoms with E-state index in [9.17, 15) is 4.79 Å². The third-order valence-electron chi connectivity index (χ3n) is 3.16. The van der Waals surface area contributed by atoms with E-state index >= 15 is 0 Å². The Kier molecular flexibility index (Phi) is 6.19. The van der Waals surface area contributed by atoms with Crippen LogP contribution in [0.15, 0.2) is 18.2 Å². The Morgan fingerprint density at radius 2 is 2.05 bits per heavy atom. The summed E-state index contributed by atoms with van der Waals surface area (Å²) in [4.78, 5) is 11.0. The van der Waals surface area contributed by atoms with Crippen LogP contribution in [-0.2, 0) is 0 Å². The quantitative estimate of drug-likeness (QED) is 0.781. The number of benzene rings is 1. The summed E-state index contributed by atoms with van der Waals surface area (Å²) in [5.74, 6) is 0.588. The molecule has 0 aromatic heterocycles. The van der Waals surface area contributed by atoms with Crippen molar-refractivity contribution in [2.75, 3.05) is 13.7 Å². The first-order valence-electron chi connectivity index (χ1n) is 6.66. The van der Waals surface area contributed by atoms with E-state index in [0.717, 1.165) is 19.3 Å².